The first-order chi connectivity index (χ1) is 10.3. The summed E-state index contributed by atoms with van der Waals surface area (Å²) in [5.74, 6) is -0.315. The molecule has 22 heavy (non-hydrogen) atoms. The van der Waals surface area contributed by atoms with Gasteiger partial charge in [-0.15, -0.1) is 11.3 Å². The number of sulfonamides is 1. The van der Waals surface area contributed by atoms with Gasteiger partial charge < -0.3 is 4.90 Å². The minimum atomic E-state index is -3.62. The Morgan fingerprint density at radius 3 is 2.41 bits per heavy atom. The van der Waals surface area contributed by atoms with Gasteiger partial charge in [0.25, 0.3) is 10.0 Å². The molecule has 0 atom stereocenters. The Hall–Kier alpha value is -1.70. The van der Waals surface area contributed by atoms with E-state index < -0.39 is 10.0 Å². The largest absolute Gasteiger partial charge is 0.314 e. The Morgan fingerprint density at radius 2 is 1.86 bits per heavy atom. The molecule has 0 saturated heterocycles. The molecular weight excluding hydrogens is 320 g/mol. The maximum absolute atomic E-state index is 12.2. The molecule has 5 nitrogen and oxygen atoms in total. The summed E-state index contributed by atoms with van der Waals surface area (Å²) in [6, 6.07) is 8.95. The van der Waals surface area contributed by atoms with Crippen molar-refractivity contribution in [2.24, 2.45) is 0 Å². The Labute approximate surface area is 134 Å². The maximum Gasteiger partial charge on any atom is 0.250 e. The van der Waals surface area contributed by atoms with Gasteiger partial charge in [-0.25, -0.2) is 13.1 Å². The summed E-state index contributed by atoms with van der Waals surface area (Å²) in [5.41, 5.74) is 2.85. The molecule has 2 rings (SSSR count). The number of nitrogens with zero attached hydrogens (tertiary/aromatic N) is 1. The fraction of sp³-hybridized carbons (Fsp3) is 0.267. The summed E-state index contributed by atoms with van der Waals surface area (Å²) in [4.78, 5) is 13.6. The highest BCUT2D eigenvalue weighted by molar-refractivity contribution is 7.91. The first-order valence-electron chi connectivity index (χ1n) is 6.67. The van der Waals surface area contributed by atoms with E-state index in [1.807, 2.05) is 32.0 Å². The van der Waals surface area contributed by atoms with Crippen molar-refractivity contribution >= 4 is 33.0 Å². The van der Waals surface area contributed by atoms with E-state index in [1.54, 1.807) is 18.5 Å². The second kappa shape index (κ2) is 6.60. The Balaban J connectivity index is 2.06. The fourth-order valence-electron chi connectivity index (χ4n) is 2.05. The van der Waals surface area contributed by atoms with Gasteiger partial charge in [-0.05, 0) is 48.6 Å². The zero-order valence-corrected chi connectivity index (χ0v) is 14.3. The third-order valence-corrected chi connectivity index (χ3v) is 5.94. The zero-order valence-electron chi connectivity index (χ0n) is 12.7. The molecule has 0 unspecified atom stereocenters. The van der Waals surface area contributed by atoms with Crippen LogP contribution in [0.2, 0.25) is 0 Å². The average Bonchev–Trinajstić information content (AvgIpc) is 2.98. The monoisotopic (exact) mass is 338 g/mol. The van der Waals surface area contributed by atoms with Crippen molar-refractivity contribution in [2.45, 2.75) is 18.1 Å². The van der Waals surface area contributed by atoms with Crippen molar-refractivity contribution in [3.63, 3.8) is 0 Å². The van der Waals surface area contributed by atoms with Crippen LogP contribution in [0.5, 0.6) is 0 Å². The summed E-state index contributed by atoms with van der Waals surface area (Å²) < 4.78 is 26.5. The van der Waals surface area contributed by atoms with E-state index in [-0.39, 0.29) is 16.7 Å². The number of benzene rings is 1. The molecule has 1 heterocycles. The van der Waals surface area contributed by atoms with Crippen LogP contribution in [-0.2, 0) is 14.8 Å². The van der Waals surface area contributed by atoms with E-state index in [2.05, 4.69) is 4.72 Å². The van der Waals surface area contributed by atoms with E-state index in [4.69, 9.17) is 0 Å². The highest BCUT2D eigenvalue weighted by Crippen LogP contribution is 2.18. The second-order valence-corrected chi connectivity index (χ2v) is 8.00. The van der Waals surface area contributed by atoms with Gasteiger partial charge >= 0.3 is 0 Å². The first kappa shape index (κ1) is 16.7. The molecule has 0 aliphatic rings. The summed E-state index contributed by atoms with van der Waals surface area (Å²) in [7, 11) is -1.99. The summed E-state index contributed by atoms with van der Waals surface area (Å²) in [6.45, 7) is 3.63. The smallest absolute Gasteiger partial charge is 0.250 e. The normalized spacial score (nSPS) is 11.4. The molecule has 1 aromatic carbocycles. The lowest BCUT2D eigenvalue weighted by Crippen LogP contribution is -2.38. The predicted octanol–water partition coefficient (Wildman–Crippen LogP) is 2.31. The maximum atomic E-state index is 12.2. The number of amides is 1. The lowest BCUT2D eigenvalue weighted by molar-refractivity contribution is -0.117. The molecule has 1 N–H and O–H groups in total. The van der Waals surface area contributed by atoms with Crippen molar-refractivity contribution < 1.29 is 13.2 Å². The lowest BCUT2D eigenvalue weighted by atomic mass is 10.1. The molecule has 0 radical (unpaired) electrons. The van der Waals surface area contributed by atoms with Crippen LogP contribution in [0.1, 0.15) is 11.1 Å². The number of thiophene rings is 1. The SMILES string of the molecule is Cc1cc(C)cc(N(C)C(=O)CNS(=O)(=O)c2cccs2)c1. The van der Waals surface area contributed by atoms with Crippen molar-refractivity contribution in [3.8, 4) is 0 Å². The average molecular weight is 338 g/mol. The van der Waals surface area contributed by atoms with Gasteiger partial charge in [-0.1, -0.05) is 12.1 Å². The van der Waals surface area contributed by atoms with Crippen LogP contribution in [0, 0.1) is 13.8 Å². The molecule has 7 heteroatoms. The van der Waals surface area contributed by atoms with Gasteiger partial charge in [0.1, 0.15) is 4.21 Å². The number of anilines is 1. The number of hydrogen-bond donors (Lipinski definition) is 1. The van der Waals surface area contributed by atoms with Crippen molar-refractivity contribution in [3.05, 3.63) is 46.8 Å². The van der Waals surface area contributed by atoms with Crippen LogP contribution in [0.3, 0.4) is 0 Å². The molecule has 1 amide bonds. The standard InChI is InChI=1S/C15H18N2O3S2/c1-11-7-12(2)9-13(8-11)17(3)14(18)10-16-22(19,20)15-5-4-6-21-15/h4-9,16H,10H2,1-3H3. The summed E-state index contributed by atoms with van der Waals surface area (Å²) in [6.07, 6.45) is 0. The number of carbonyl (C=O) groups is 1. The second-order valence-electron chi connectivity index (χ2n) is 5.06. The van der Waals surface area contributed by atoms with Crippen molar-refractivity contribution in [1.29, 1.82) is 0 Å². The summed E-state index contributed by atoms with van der Waals surface area (Å²) in [5, 5.41) is 1.68. The van der Waals surface area contributed by atoms with Gasteiger partial charge in [-0.2, -0.15) is 0 Å². The Kier molecular flexibility index (Phi) is 5.00. The van der Waals surface area contributed by atoms with Crippen LogP contribution in [0.15, 0.2) is 39.9 Å². The fourth-order valence-corrected chi connectivity index (χ4v) is 4.06. The quantitative estimate of drug-likeness (QED) is 0.910. The van der Waals surface area contributed by atoms with Gasteiger partial charge in [0.15, 0.2) is 0 Å². The molecule has 0 aliphatic heterocycles. The van der Waals surface area contributed by atoms with E-state index in [9.17, 15) is 13.2 Å². The molecule has 0 fully saturated rings. The highest BCUT2D eigenvalue weighted by Gasteiger charge is 2.18. The first-order valence-corrected chi connectivity index (χ1v) is 9.04. The van der Waals surface area contributed by atoms with Gasteiger partial charge in [0.2, 0.25) is 5.91 Å². The minimum absolute atomic E-state index is 0.203. The Bertz CT molecular complexity index is 748. The van der Waals surface area contributed by atoms with Crippen LogP contribution in [0.25, 0.3) is 0 Å². The minimum Gasteiger partial charge on any atom is -0.314 e. The van der Waals surface area contributed by atoms with E-state index in [0.29, 0.717) is 0 Å². The highest BCUT2D eigenvalue weighted by atomic mass is 32.2. The van der Waals surface area contributed by atoms with Crippen molar-refractivity contribution in [2.75, 3.05) is 18.5 Å². The van der Waals surface area contributed by atoms with Crippen LogP contribution in [0.4, 0.5) is 5.69 Å². The number of hydrogen-bond acceptors (Lipinski definition) is 4. The number of nitrogens with one attached hydrogen (secondary N) is 1. The van der Waals surface area contributed by atoms with Crippen LogP contribution in [-0.4, -0.2) is 27.9 Å². The number of likely N-dealkylation sites (N-methyl/N-ethyl adjacent to an activating group) is 1. The molecule has 118 valence electrons. The van der Waals surface area contributed by atoms with Crippen molar-refractivity contribution in [1.82, 2.24) is 4.72 Å². The topological polar surface area (TPSA) is 66.5 Å². The Morgan fingerprint density at radius 1 is 1.23 bits per heavy atom. The molecule has 0 aliphatic carbocycles. The number of rotatable bonds is 5. The third-order valence-electron chi connectivity index (χ3n) is 3.14. The van der Waals surface area contributed by atoms with E-state index >= 15 is 0 Å². The van der Waals surface area contributed by atoms with Gasteiger partial charge in [-0.3, -0.25) is 4.79 Å². The molecule has 0 spiro atoms. The number of carbonyl (C=O) groups excluding carboxylic acids is 1. The molecule has 2 aromatic rings. The molecule has 0 bridgehead atoms. The lowest BCUT2D eigenvalue weighted by Gasteiger charge is -2.18. The van der Waals surface area contributed by atoms with Gasteiger partial charge in [0, 0.05) is 12.7 Å². The van der Waals surface area contributed by atoms with Gasteiger partial charge in [0.05, 0.1) is 6.54 Å². The third kappa shape index (κ3) is 3.94. The van der Waals surface area contributed by atoms with E-state index in [1.165, 1.54) is 11.0 Å². The van der Waals surface area contributed by atoms with Crippen LogP contribution < -0.4 is 9.62 Å². The van der Waals surface area contributed by atoms with E-state index in [0.717, 1.165) is 28.2 Å². The zero-order chi connectivity index (χ0) is 16.3. The summed E-state index contributed by atoms with van der Waals surface area (Å²) >= 11 is 1.11. The predicted molar refractivity (Wildman–Crippen MR) is 88.8 cm³/mol. The number of aryl methyl sites for hydroxylation is 2. The molecule has 1 aromatic heterocycles. The molecular formula is C15H18N2O3S2. The van der Waals surface area contributed by atoms with Crippen LogP contribution >= 0.6 is 11.3 Å². The molecule has 0 saturated carbocycles.